The van der Waals surface area contributed by atoms with Crippen molar-refractivity contribution in [3.05, 3.63) is 29.8 Å². The summed E-state index contributed by atoms with van der Waals surface area (Å²) in [5, 5.41) is 11.9. The summed E-state index contributed by atoms with van der Waals surface area (Å²) in [6, 6.07) is 7.37. The Morgan fingerprint density at radius 2 is 1.90 bits per heavy atom. The van der Waals surface area contributed by atoms with Gasteiger partial charge in [0.05, 0.1) is 12.5 Å². The zero-order chi connectivity index (χ0) is 15.7. The molecule has 0 fully saturated rings. The predicted molar refractivity (Wildman–Crippen MR) is 80.4 cm³/mol. The number of nitrogens with one attached hydrogen (secondary N) is 1. The zero-order valence-electron chi connectivity index (χ0n) is 12.6. The second kappa shape index (κ2) is 9.00. The van der Waals surface area contributed by atoms with Gasteiger partial charge in [0.15, 0.2) is 0 Å². The normalized spacial score (nSPS) is 11.7. The first-order valence-corrected chi connectivity index (χ1v) is 7.28. The highest BCUT2D eigenvalue weighted by Gasteiger charge is 2.18. The first-order chi connectivity index (χ1) is 10.1. The van der Waals surface area contributed by atoms with Crippen molar-refractivity contribution in [2.24, 2.45) is 5.92 Å². The van der Waals surface area contributed by atoms with Crippen molar-refractivity contribution in [2.75, 3.05) is 13.2 Å². The third-order valence-electron chi connectivity index (χ3n) is 3.09. The lowest BCUT2D eigenvalue weighted by atomic mass is 9.99. The van der Waals surface area contributed by atoms with E-state index in [2.05, 4.69) is 5.32 Å². The molecule has 0 radical (unpaired) electrons. The van der Waals surface area contributed by atoms with Gasteiger partial charge in [0.1, 0.15) is 5.75 Å². The molecule has 0 bridgehead atoms. The number of benzene rings is 1. The summed E-state index contributed by atoms with van der Waals surface area (Å²) in [5.74, 6) is -0.857. The minimum atomic E-state index is -0.902. The van der Waals surface area contributed by atoms with E-state index in [9.17, 15) is 14.7 Å². The van der Waals surface area contributed by atoms with Crippen LogP contribution in [0.2, 0.25) is 0 Å². The zero-order valence-corrected chi connectivity index (χ0v) is 12.6. The lowest BCUT2D eigenvalue weighted by Crippen LogP contribution is -2.33. The number of rotatable bonds is 9. The number of hydrogen-bond acceptors (Lipinski definition) is 3. The van der Waals surface area contributed by atoms with Crippen LogP contribution < -0.4 is 10.1 Å². The molecule has 0 saturated carbocycles. The second-order valence-corrected chi connectivity index (χ2v) is 4.87. The van der Waals surface area contributed by atoms with E-state index in [0.717, 1.165) is 17.7 Å². The Balaban J connectivity index is 2.57. The highest BCUT2D eigenvalue weighted by atomic mass is 16.5. The molecule has 5 nitrogen and oxygen atoms in total. The van der Waals surface area contributed by atoms with Crippen LogP contribution in [-0.4, -0.2) is 30.1 Å². The number of carboxylic acids is 1. The first-order valence-electron chi connectivity index (χ1n) is 7.28. The molecule has 0 aromatic heterocycles. The molecule has 1 atom stereocenters. The number of hydrogen-bond donors (Lipinski definition) is 2. The summed E-state index contributed by atoms with van der Waals surface area (Å²) < 4.78 is 5.35. The molecule has 21 heavy (non-hydrogen) atoms. The molecule has 1 aromatic rings. The van der Waals surface area contributed by atoms with Crippen molar-refractivity contribution in [3.8, 4) is 5.75 Å². The van der Waals surface area contributed by atoms with Crippen LogP contribution in [0.25, 0.3) is 0 Å². The number of carboxylic acid groups (broad SMARTS) is 1. The van der Waals surface area contributed by atoms with Crippen molar-refractivity contribution in [1.82, 2.24) is 5.32 Å². The first kappa shape index (κ1) is 17.0. The van der Waals surface area contributed by atoms with E-state index < -0.39 is 11.9 Å². The van der Waals surface area contributed by atoms with Gasteiger partial charge in [-0.15, -0.1) is 0 Å². The quantitative estimate of drug-likeness (QED) is 0.732. The number of aliphatic carboxylic acids is 1. The standard InChI is InChI=1S/C16H23NO4/c1-3-5-15(18)17-11-13(16(19)20)10-12-6-8-14(9-7-12)21-4-2/h6-9,13H,3-5,10-11H2,1-2H3,(H,17,18)(H,19,20). The minimum absolute atomic E-state index is 0.101. The Hall–Kier alpha value is -2.04. The molecule has 2 N–H and O–H groups in total. The van der Waals surface area contributed by atoms with Gasteiger partial charge in [0.2, 0.25) is 5.91 Å². The Morgan fingerprint density at radius 1 is 1.24 bits per heavy atom. The summed E-state index contributed by atoms with van der Waals surface area (Å²) in [6.07, 6.45) is 1.56. The molecule has 0 saturated heterocycles. The van der Waals surface area contributed by atoms with Gasteiger partial charge in [-0.2, -0.15) is 0 Å². The van der Waals surface area contributed by atoms with Gasteiger partial charge in [-0.05, 0) is 37.5 Å². The van der Waals surface area contributed by atoms with Crippen molar-refractivity contribution in [1.29, 1.82) is 0 Å². The van der Waals surface area contributed by atoms with Gasteiger partial charge >= 0.3 is 5.97 Å². The molecule has 1 rings (SSSR count). The monoisotopic (exact) mass is 293 g/mol. The number of carbonyl (C=O) groups is 2. The molecule has 0 aliphatic heterocycles. The van der Waals surface area contributed by atoms with Gasteiger partial charge in [-0.1, -0.05) is 19.1 Å². The van der Waals surface area contributed by atoms with Crippen LogP contribution in [-0.2, 0) is 16.0 Å². The average molecular weight is 293 g/mol. The fourth-order valence-electron chi connectivity index (χ4n) is 1.97. The van der Waals surface area contributed by atoms with Crippen LogP contribution in [0, 0.1) is 5.92 Å². The van der Waals surface area contributed by atoms with E-state index in [-0.39, 0.29) is 12.5 Å². The fourth-order valence-corrected chi connectivity index (χ4v) is 1.97. The molecule has 1 unspecified atom stereocenters. The molecule has 116 valence electrons. The van der Waals surface area contributed by atoms with Crippen LogP contribution >= 0.6 is 0 Å². The highest BCUT2D eigenvalue weighted by Crippen LogP contribution is 2.15. The summed E-state index contributed by atoms with van der Waals surface area (Å²) >= 11 is 0. The number of amides is 1. The van der Waals surface area contributed by atoms with Crippen LogP contribution in [0.5, 0.6) is 5.75 Å². The number of carbonyl (C=O) groups excluding carboxylic acids is 1. The Kier molecular flexibility index (Phi) is 7.29. The van der Waals surface area contributed by atoms with Gasteiger partial charge < -0.3 is 15.2 Å². The van der Waals surface area contributed by atoms with Gasteiger partial charge in [-0.25, -0.2) is 0 Å². The lowest BCUT2D eigenvalue weighted by molar-refractivity contribution is -0.141. The minimum Gasteiger partial charge on any atom is -0.494 e. The smallest absolute Gasteiger partial charge is 0.308 e. The van der Waals surface area contributed by atoms with Crippen molar-refractivity contribution in [3.63, 3.8) is 0 Å². The molecular weight excluding hydrogens is 270 g/mol. The van der Waals surface area contributed by atoms with Crippen LogP contribution in [0.15, 0.2) is 24.3 Å². The van der Waals surface area contributed by atoms with Crippen molar-refractivity contribution >= 4 is 11.9 Å². The fraction of sp³-hybridized carbons (Fsp3) is 0.500. The van der Waals surface area contributed by atoms with Gasteiger partial charge in [0.25, 0.3) is 0 Å². The van der Waals surface area contributed by atoms with E-state index in [1.165, 1.54) is 0 Å². The maximum absolute atomic E-state index is 11.4. The van der Waals surface area contributed by atoms with Crippen molar-refractivity contribution in [2.45, 2.75) is 33.1 Å². The van der Waals surface area contributed by atoms with Crippen molar-refractivity contribution < 1.29 is 19.4 Å². The van der Waals surface area contributed by atoms with Crippen LogP contribution in [0.3, 0.4) is 0 Å². The predicted octanol–water partition coefficient (Wildman–Crippen LogP) is 2.24. The topological polar surface area (TPSA) is 75.6 Å². The summed E-state index contributed by atoms with van der Waals surface area (Å²) in [7, 11) is 0. The molecule has 1 amide bonds. The Morgan fingerprint density at radius 3 is 2.43 bits per heavy atom. The highest BCUT2D eigenvalue weighted by molar-refractivity contribution is 5.77. The third-order valence-corrected chi connectivity index (χ3v) is 3.09. The summed E-state index contributed by atoms with van der Waals surface area (Å²) in [4.78, 5) is 22.7. The van der Waals surface area contributed by atoms with Crippen LogP contribution in [0.1, 0.15) is 32.3 Å². The second-order valence-electron chi connectivity index (χ2n) is 4.87. The SMILES string of the molecule is CCCC(=O)NCC(Cc1ccc(OCC)cc1)C(=O)O. The largest absolute Gasteiger partial charge is 0.494 e. The molecule has 5 heteroatoms. The average Bonchev–Trinajstić information content (AvgIpc) is 2.45. The maximum Gasteiger partial charge on any atom is 0.308 e. The molecule has 0 spiro atoms. The summed E-state index contributed by atoms with van der Waals surface area (Å²) in [6.45, 7) is 4.57. The van der Waals surface area contributed by atoms with E-state index in [0.29, 0.717) is 19.4 Å². The third kappa shape index (κ3) is 6.29. The van der Waals surface area contributed by atoms with Gasteiger partial charge in [0, 0.05) is 13.0 Å². The molecule has 0 heterocycles. The van der Waals surface area contributed by atoms with E-state index in [1.54, 1.807) is 0 Å². The molecule has 0 aliphatic rings. The Bertz CT molecular complexity index is 456. The lowest BCUT2D eigenvalue weighted by Gasteiger charge is -2.14. The maximum atomic E-state index is 11.4. The molecular formula is C16H23NO4. The van der Waals surface area contributed by atoms with E-state index in [1.807, 2.05) is 38.1 Å². The van der Waals surface area contributed by atoms with Gasteiger partial charge in [-0.3, -0.25) is 9.59 Å². The van der Waals surface area contributed by atoms with Crippen LogP contribution in [0.4, 0.5) is 0 Å². The molecule has 0 aliphatic carbocycles. The van der Waals surface area contributed by atoms with E-state index in [4.69, 9.17) is 4.74 Å². The van der Waals surface area contributed by atoms with E-state index >= 15 is 0 Å². The number of ether oxygens (including phenoxy) is 1. The summed E-state index contributed by atoms with van der Waals surface area (Å²) in [5.41, 5.74) is 0.913. The Labute approximate surface area is 125 Å². The molecule has 1 aromatic carbocycles.